The first-order chi connectivity index (χ1) is 21.6. The second kappa shape index (κ2) is 17.6. The summed E-state index contributed by atoms with van der Waals surface area (Å²) < 4.78 is 5.97. The van der Waals surface area contributed by atoms with Crippen molar-refractivity contribution >= 4 is 30.0 Å². The van der Waals surface area contributed by atoms with Gasteiger partial charge in [-0.1, -0.05) is 54.6 Å². The van der Waals surface area contributed by atoms with E-state index >= 15 is 0 Å². The fraction of sp³-hybridized carbons (Fsp3) is 0.371. The summed E-state index contributed by atoms with van der Waals surface area (Å²) in [5, 5.41) is 16.6. The van der Waals surface area contributed by atoms with Gasteiger partial charge in [-0.15, -0.1) is 0 Å². The standard InChI is InChI=1S/C35H44N6O3/c1-36-32(27-12-5-3-6-13-27)26-33(37-2)40-31(35(42)43)20-23-41(24-25-44-30-16-7-4-8-17-30)22-10-9-15-29-19-18-28-14-11-21-38-34(28)39-29/h3-8,12-13,16-19,26,31H,1,9-11,14-15,20-25H2,2H3,(H,37,40)(H,38,39)(H,42,43)/b32-26-/t31-/m0/s1. The molecule has 1 atom stereocenters. The molecule has 44 heavy (non-hydrogen) atoms. The lowest BCUT2D eigenvalue weighted by atomic mass is 10.1. The molecule has 0 radical (unpaired) electrons. The van der Waals surface area contributed by atoms with E-state index in [2.05, 4.69) is 44.4 Å². The van der Waals surface area contributed by atoms with Crippen LogP contribution in [0.2, 0.25) is 0 Å². The third kappa shape index (κ3) is 10.3. The number of aryl methyl sites for hydroxylation is 2. The average molecular weight is 597 g/mol. The van der Waals surface area contributed by atoms with Gasteiger partial charge >= 0.3 is 5.97 Å². The predicted molar refractivity (Wildman–Crippen MR) is 179 cm³/mol. The normalized spacial score (nSPS) is 14.0. The Hall–Kier alpha value is -4.50. The maximum absolute atomic E-state index is 12.3. The fourth-order valence-corrected chi connectivity index (χ4v) is 5.17. The summed E-state index contributed by atoms with van der Waals surface area (Å²) in [4.78, 5) is 27.8. The molecule has 2 aromatic carbocycles. The highest BCUT2D eigenvalue weighted by Gasteiger charge is 2.20. The van der Waals surface area contributed by atoms with Gasteiger partial charge in [-0.3, -0.25) is 14.9 Å². The molecule has 0 unspecified atom stereocenters. The number of nitrogens with one attached hydrogen (secondary N) is 2. The molecule has 0 spiro atoms. The maximum Gasteiger partial charge on any atom is 0.326 e. The summed E-state index contributed by atoms with van der Waals surface area (Å²) >= 11 is 0. The second-order valence-electron chi connectivity index (χ2n) is 10.8. The Morgan fingerprint density at radius 2 is 1.86 bits per heavy atom. The molecule has 3 aromatic rings. The number of carboxylic acids is 1. The van der Waals surface area contributed by atoms with Gasteiger partial charge in [0, 0.05) is 44.0 Å². The van der Waals surface area contributed by atoms with E-state index in [1.54, 1.807) is 13.1 Å². The zero-order valence-corrected chi connectivity index (χ0v) is 25.6. The number of anilines is 1. The van der Waals surface area contributed by atoms with Gasteiger partial charge in [-0.2, -0.15) is 0 Å². The number of aliphatic imine (C=N–C) groups is 2. The van der Waals surface area contributed by atoms with Crippen LogP contribution in [0.3, 0.4) is 0 Å². The number of aromatic nitrogens is 1. The van der Waals surface area contributed by atoms with Gasteiger partial charge in [-0.05, 0) is 75.5 Å². The summed E-state index contributed by atoms with van der Waals surface area (Å²) in [6, 6.07) is 22.9. The monoisotopic (exact) mass is 596 g/mol. The van der Waals surface area contributed by atoms with Crippen molar-refractivity contribution in [1.29, 1.82) is 0 Å². The molecule has 1 aliphatic heterocycles. The molecule has 0 saturated carbocycles. The largest absolute Gasteiger partial charge is 0.492 e. The first-order valence-corrected chi connectivity index (χ1v) is 15.4. The quantitative estimate of drug-likeness (QED) is 0.110. The number of aliphatic carboxylic acids is 1. The lowest BCUT2D eigenvalue weighted by Crippen LogP contribution is -2.43. The molecular formula is C35H44N6O3. The van der Waals surface area contributed by atoms with Crippen molar-refractivity contribution in [3.05, 3.63) is 95.7 Å². The Labute approximate surface area is 260 Å². The van der Waals surface area contributed by atoms with Gasteiger partial charge in [0.1, 0.15) is 30.1 Å². The molecule has 0 bridgehead atoms. The highest BCUT2D eigenvalue weighted by Crippen LogP contribution is 2.20. The maximum atomic E-state index is 12.3. The van der Waals surface area contributed by atoms with E-state index in [-0.39, 0.29) is 0 Å². The summed E-state index contributed by atoms with van der Waals surface area (Å²) in [5.41, 5.74) is 3.90. The van der Waals surface area contributed by atoms with E-state index in [0.717, 1.165) is 68.0 Å². The molecule has 3 N–H and O–H groups in total. The number of unbranched alkanes of at least 4 members (excludes halogenated alkanes) is 1. The van der Waals surface area contributed by atoms with Gasteiger partial charge in [-0.25, -0.2) is 9.78 Å². The molecular weight excluding hydrogens is 552 g/mol. The number of carboxylic acid groups (broad SMARTS) is 1. The van der Waals surface area contributed by atoms with Crippen LogP contribution in [0.25, 0.3) is 5.70 Å². The van der Waals surface area contributed by atoms with E-state index in [9.17, 15) is 9.90 Å². The number of fused-ring (bicyclic) bond motifs is 1. The van der Waals surface area contributed by atoms with Gasteiger partial charge in [0.15, 0.2) is 0 Å². The Bertz CT molecular complexity index is 1390. The number of ether oxygens (including phenoxy) is 1. The molecule has 9 nitrogen and oxygen atoms in total. The van der Waals surface area contributed by atoms with E-state index in [4.69, 9.17) is 9.72 Å². The number of hydrogen-bond acceptors (Lipinski definition) is 7. The van der Waals surface area contributed by atoms with Crippen LogP contribution in [0.5, 0.6) is 5.75 Å². The van der Waals surface area contributed by atoms with Crippen molar-refractivity contribution in [3.8, 4) is 5.75 Å². The Kier molecular flexibility index (Phi) is 12.9. The van der Waals surface area contributed by atoms with Crippen molar-refractivity contribution in [3.63, 3.8) is 0 Å². The van der Waals surface area contributed by atoms with Crippen LogP contribution in [0.15, 0.2) is 88.9 Å². The van der Waals surface area contributed by atoms with Crippen molar-refractivity contribution in [1.82, 2.24) is 15.2 Å². The number of carbonyl (C=O) groups is 1. The minimum absolute atomic E-state index is 0.397. The molecule has 1 aromatic heterocycles. The number of rotatable bonds is 17. The predicted octanol–water partition coefficient (Wildman–Crippen LogP) is 5.35. The highest BCUT2D eigenvalue weighted by atomic mass is 16.5. The molecule has 0 fully saturated rings. The fourth-order valence-electron chi connectivity index (χ4n) is 5.17. The Morgan fingerprint density at radius 1 is 1.09 bits per heavy atom. The molecule has 2 heterocycles. The Balaban J connectivity index is 1.34. The summed E-state index contributed by atoms with van der Waals surface area (Å²) in [6.45, 7) is 7.30. The van der Waals surface area contributed by atoms with Gasteiger partial charge in [0.25, 0.3) is 0 Å². The van der Waals surface area contributed by atoms with Crippen LogP contribution in [-0.4, -0.2) is 79.4 Å². The number of pyridine rings is 1. The van der Waals surface area contributed by atoms with Crippen LogP contribution in [0.1, 0.15) is 42.5 Å². The molecule has 4 rings (SSSR count). The van der Waals surface area contributed by atoms with E-state index < -0.39 is 12.0 Å². The topological polar surface area (TPSA) is 111 Å². The number of hydrogen-bond donors (Lipinski definition) is 3. The molecule has 9 heteroatoms. The van der Waals surface area contributed by atoms with Crippen molar-refractivity contribution in [2.24, 2.45) is 9.98 Å². The lowest BCUT2D eigenvalue weighted by Gasteiger charge is -2.25. The van der Waals surface area contributed by atoms with Crippen molar-refractivity contribution < 1.29 is 14.6 Å². The van der Waals surface area contributed by atoms with Crippen LogP contribution >= 0.6 is 0 Å². The van der Waals surface area contributed by atoms with E-state index in [1.165, 1.54) is 5.56 Å². The van der Waals surface area contributed by atoms with Gasteiger partial charge in [0.05, 0.1) is 5.70 Å². The summed E-state index contributed by atoms with van der Waals surface area (Å²) in [7, 11) is 1.63. The first kappa shape index (κ1) is 32.4. The first-order valence-electron chi connectivity index (χ1n) is 15.4. The van der Waals surface area contributed by atoms with Crippen molar-refractivity contribution in [2.45, 2.75) is 44.6 Å². The van der Waals surface area contributed by atoms with Crippen LogP contribution in [-0.2, 0) is 17.6 Å². The Morgan fingerprint density at radius 3 is 2.59 bits per heavy atom. The number of nitrogens with zero attached hydrogens (tertiary/aromatic N) is 4. The van der Waals surface area contributed by atoms with Crippen molar-refractivity contribution in [2.75, 3.05) is 45.2 Å². The highest BCUT2D eigenvalue weighted by molar-refractivity contribution is 6.01. The van der Waals surface area contributed by atoms with Crippen LogP contribution in [0, 0.1) is 0 Å². The van der Waals surface area contributed by atoms with Crippen LogP contribution in [0.4, 0.5) is 5.82 Å². The van der Waals surface area contributed by atoms with Gasteiger partial charge in [0.2, 0.25) is 0 Å². The number of para-hydroxylation sites is 1. The molecule has 0 saturated heterocycles. The SMILES string of the molecule is C=N/C(=C\C(=NC)N[C@@H](CCN(CCCCc1ccc2c(n1)NCCC2)CCOc1ccccc1)C(=O)O)c1ccccc1. The average Bonchev–Trinajstić information content (AvgIpc) is 3.06. The van der Waals surface area contributed by atoms with Gasteiger partial charge < -0.3 is 20.5 Å². The van der Waals surface area contributed by atoms with E-state index in [0.29, 0.717) is 37.6 Å². The molecule has 0 amide bonds. The smallest absolute Gasteiger partial charge is 0.326 e. The summed E-state index contributed by atoms with van der Waals surface area (Å²) in [6.07, 6.45) is 7.24. The van der Waals surface area contributed by atoms with Crippen LogP contribution < -0.4 is 15.4 Å². The zero-order chi connectivity index (χ0) is 31.0. The molecule has 232 valence electrons. The second-order valence-corrected chi connectivity index (χ2v) is 10.8. The number of benzene rings is 2. The minimum atomic E-state index is -0.931. The lowest BCUT2D eigenvalue weighted by molar-refractivity contribution is -0.139. The third-order valence-electron chi connectivity index (χ3n) is 7.64. The third-order valence-corrected chi connectivity index (χ3v) is 7.64. The molecule has 0 aliphatic carbocycles. The van der Waals surface area contributed by atoms with E-state index in [1.807, 2.05) is 60.7 Å². The summed E-state index contributed by atoms with van der Waals surface area (Å²) in [5.74, 6) is 1.37. The minimum Gasteiger partial charge on any atom is -0.492 e. The zero-order valence-electron chi connectivity index (χ0n) is 25.6. The number of amidine groups is 1. The molecule has 1 aliphatic rings.